The van der Waals surface area contributed by atoms with Crippen molar-refractivity contribution in [3.05, 3.63) is 29.0 Å². The molecule has 0 amide bonds. The molecule has 0 spiro atoms. The van der Waals surface area contributed by atoms with Crippen LogP contribution in [0, 0.1) is 5.41 Å². The minimum absolute atomic E-state index is 0.0846. The lowest BCUT2D eigenvalue weighted by atomic mass is 10.0. The zero-order valence-electron chi connectivity index (χ0n) is 12.0. The van der Waals surface area contributed by atoms with Gasteiger partial charge in [0.25, 0.3) is 0 Å². The van der Waals surface area contributed by atoms with E-state index in [0.29, 0.717) is 5.41 Å². The van der Waals surface area contributed by atoms with Crippen LogP contribution in [0.3, 0.4) is 0 Å². The third-order valence-electron chi connectivity index (χ3n) is 4.33. The molecule has 2 aromatic rings. The molecule has 108 valence electrons. The Bertz CT molecular complexity index is 627. The molecule has 0 bridgehead atoms. The fourth-order valence-corrected chi connectivity index (χ4v) is 3.45. The van der Waals surface area contributed by atoms with E-state index in [1.165, 1.54) is 25.7 Å². The SMILES string of the molecule is CCCC1(Cn2c(C(C)Cl)nc3ccc(Cl)cc32)CC1. The number of benzene rings is 1. The van der Waals surface area contributed by atoms with Gasteiger partial charge in [-0.1, -0.05) is 24.9 Å². The Morgan fingerprint density at radius 2 is 2.15 bits per heavy atom. The maximum atomic E-state index is 6.33. The van der Waals surface area contributed by atoms with Crippen molar-refractivity contribution in [3.8, 4) is 0 Å². The van der Waals surface area contributed by atoms with Gasteiger partial charge in [0.05, 0.1) is 16.4 Å². The second kappa shape index (κ2) is 5.23. The molecule has 1 aliphatic rings. The molecule has 1 saturated carbocycles. The number of rotatable bonds is 5. The molecule has 0 saturated heterocycles. The van der Waals surface area contributed by atoms with Gasteiger partial charge in [-0.25, -0.2) is 4.98 Å². The Hall–Kier alpha value is -0.730. The second-order valence-corrected chi connectivity index (χ2v) is 7.15. The summed E-state index contributed by atoms with van der Waals surface area (Å²) in [6.45, 7) is 5.26. The number of halogens is 2. The summed E-state index contributed by atoms with van der Waals surface area (Å²) in [5.74, 6) is 0.964. The van der Waals surface area contributed by atoms with Crippen molar-refractivity contribution < 1.29 is 0 Å². The first-order valence-corrected chi connectivity index (χ1v) is 8.16. The molecule has 1 heterocycles. The van der Waals surface area contributed by atoms with Gasteiger partial charge in [0.2, 0.25) is 0 Å². The van der Waals surface area contributed by atoms with Crippen molar-refractivity contribution in [1.29, 1.82) is 0 Å². The highest BCUT2D eigenvalue weighted by atomic mass is 35.5. The molecular formula is C16H20Cl2N2. The van der Waals surface area contributed by atoms with Gasteiger partial charge in [-0.05, 0) is 49.8 Å². The molecule has 1 fully saturated rings. The van der Waals surface area contributed by atoms with E-state index < -0.39 is 0 Å². The van der Waals surface area contributed by atoms with Crippen molar-refractivity contribution in [2.75, 3.05) is 0 Å². The van der Waals surface area contributed by atoms with E-state index in [2.05, 4.69) is 11.5 Å². The van der Waals surface area contributed by atoms with Crippen LogP contribution >= 0.6 is 23.2 Å². The van der Waals surface area contributed by atoms with Crippen LogP contribution < -0.4 is 0 Å². The summed E-state index contributed by atoms with van der Waals surface area (Å²) in [7, 11) is 0. The molecule has 0 radical (unpaired) electrons. The van der Waals surface area contributed by atoms with Crippen molar-refractivity contribution >= 4 is 34.2 Å². The van der Waals surface area contributed by atoms with Crippen LogP contribution in [0.1, 0.15) is 50.7 Å². The summed E-state index contributed by atoms with van der Waals surface area (Å²) < 4.78 is 2.29. The second-order valence-electron chi connectivity index (χ2n) is 6.06. The van der Waals surface area contributed by atoms with Crippen LogP contribution in [0.4, 0.5) is 0 Å². The van der Waals surface area contributed by atoms with Crippen LogP contribution in [0.5, 0.6) is 0 Å². The predicted octanol–water partition coefficient (Wildman–Crippen LogP) is 5.57. The molecule has 0 N–H and O–H groups in total. The number of fused-ring (bicyclic) bond motifs is 1. The highest BCUT2D eigenvalue weighted by Crippen LogP contribution is 2.51. The van der Waals surface area contributed by atoms with Crippen LogP contribution in [0.2, 0.25) is 5.02 Å². The van der Waals surface area contributed by atoms with E-state index >= 15 is 0 Å². The lowest BCUT2D eigenvalue weighted by Crippen LogP contribution is -2.14. The van der Waals surface area contributed by atoms with Gasteiger partial charge in [0.1, 0.15) is 5.82 Å². The van der Waals surface area contributed by atoms with E-state index in [-0.39, 0.29) is 5.38 Å². The molecule has 1 aromatic heterocycles. The van der Waals surface area contributed by atoms with Gasteiger partial charge in [0.15, 0.2) is 0 Å². The van der Waals surface area contributed by atoms with E-state index in [4.69, 9.17) is 28.2 Å². The summed E-state index contributed by atoms with van der Waals surface area (Å²) in [4.78, 5) is 4.70. The molecule has 1 aromatic carbocycles. The fourth-order valence-electron chi connectivity index (χ4n) is 3.11. The molecule has 3 rings (SSSR count). The van der Waals surface area contributed by atoms with E-state index in [0.717, 1.165) is 28.4 Å². The maximum absolute atomic E-state index is 6.33. The predicted molar refractivity (Wildman–Crippen MR) is 85.6 cm³/mol. The Labute approximate surface area is 130 Å². The number of hydrogen-bond acceptors (Lipinski definition) is 1. The highest BCUT2D eigenvalue weighted by molar-refractivity contribution is 6.31. The van der Waals surface area contributed by atoms with Gasteiger partial charge >= 0.3 is 0 Å². The average Bonchev–Trinajstić information content (AvgIpc) is 3.06. The molecule has 1 atom stereocenters. The average molecular weight is 311 g/mol. The summed E-state index contributed by atoms with van der Waals surface area (Å²) in [6.07, 6.45) is 5.15. The fraction of sp³-hybridized carbons (Fsp3) is 0.562. The Kier molecular flexibility index (Phi) is 3.72. The standard InChI is InChI=1S/C16H20Cl2N2/c1-3-6-16(7-8-16)10-20-14-9-12(18)4-5-13(14)19-15(20)11(2)17/h4-5,9,11H,3,6-8,10H2,1-2H3. The molecular weight excluding hydrogens is 291 g/mol. The monoisotopic (exact) mass is 310 g/mol. The lowest BCUT2D eigenvalue weighted by molar-refractivity contribution is 0.387. The van der Waals surface area contributed by atoms with Gasteiger partial charge in [-0.15, -0.1) is 11.6 Å². The number of alkyl halides is 1. The molecule has 0 aliphatic heterocycles. The zero-order chi connectivity index (χ0) is 14.3. The minimum Gasteiger partial charge on any atom is -0.326 e. The maximum Gasteiger partial charge on any atom is 0.127 e. The Morgan fingerprint density at radius 1 is 1.40 bits per heavy atom. The normalized spacial score (nSPS) is 18.4. The Balaban J connectivity index is 2.06. The van der Waals surface area contributed by atoms with E-state index in [1.54, 1.807) is 0 Å². The molecule has 4 heteroatoms. The number of aromatic nitrogens is 2. The first-order chi connectivity index (χ1) is 9.54. The van der Waals surface area contributed by atoms with Crippen molar-refractivity contribution in [2.24, 2.45) is 5.41 Å². The van der Waals surface area contributed by atoms with Gasteiger partial charge < -0.3 is 4.57 Å². The topological polar surface area (TPSA) is 17.8 Å². The number of nitrogens with zero attached hydrogens (tertiary/aromatic N) is 2. The molecule has 2 nitrogen and oxygen atoms in total. The first kappa shape index (κ1) is 14.2. The smallest absolute Gasteiger partial charge is 0.127 e. The van der Waals surface area contributed by atoms with E-state index in [9.17, 15) is 0 Å². The Morgan fingerprint density at radius 3 is 2.75 bits per heavy atom. The van der Waals surface area contributed by atoms with Crippen molar-refractivity contribution in [2.45, 2.75) is 51.5 Å². The third-order valence-corrected chi connectivity index (χ3v) is 4.76. The van der Waals surface area contributed by atoms with Crippen LogP contribution in [0.15, 0.2) is 18.2 Å². The van der Waals surface area contributed by atoms with Gasteiger partial charge in [-0.2, -0.15) is 0 Å². The number of hydrogen-bond donors (Lipinski definition) is 0. The van der Waals surface area contributed by atoms with Gasteiger partial charge in [-0.3, -0.25) is 0 Å². The minimum atomic E-state index is -0.0846. The highest BCUT2D eigenvalue weighted by Gasteiger charge is 2.42. The molecule has 1 unspecified atom stereocenters. The van der Waals surface area contributed by atoms with Crippen LogP contribution in [-0.2, 0) is 6.54 Å². The van der Waals surface area contributed by atoms with E-state index in [1.807, 2.05) is 25.1 Å². The van der Waals surface area contributed by atoms with Crippen LogP contribution in [-0.4, -0.2) is 9.55 Å². The summed E-state index contributed by atoms with van der Waals surface area (Å²) in [5.41, 5.74) is 2.57. The van der Waals surface area contributed by atoms with Gasteiger partial charge in [0, 0.05) is 11.6 Å². The summed E-state index contributed by atoms with van der Waals surface area (Å²) in [5, 5.41) is 0.673. The first-order valence-electron chi connectivity index (χ1n) is 7.34. The quantitative estimate of drug-likeness (QED) is 0.660. The summed E-state index contributed by atoms with van der Waals surface area (Å²) >= 11 is 12.5. The van der Waals surface area contributed by atoms with Crippen molar-refractivity contribution in [3.63, 3.8) is 0 Å². The lowest BCUT2D eigenvalue weighted by Gasteiger charge is -2.18. The van der Waals surface area contributed by atoms with Crippen LogP contribution in [0.25, 0.3) is 11.0 Å². The number of imidazole rings is 1. The van der Waals surface area contributed by atoms with Crippen molar-refractivity contribution in [1.82, 2.24) is 9.55 Å². The molecule has 20 heavy (non-hydrogen) atoms. The largest absolute Gasteiger partial charge is 0.326 e. The molecule has 1 aliphatic carbocycles. The zero-order valence-corrected chi connectivity index (χ0v) is 13.5. The third kappa shape index (κ3) is 2.56. The summed E-state index contributed by atoms with van der Waals surface area (Å²) in [6, 6.07) is 5.88.